The molecule has 2 aromatic heterocycles. The number of methoxy groups -OCH3 is 1. The number of aryl methyl sites for hydroxylation is 2. The monoisotopic (exact) mass is 473 g/mol. The predicted molar refractivity (Wildman–Crippen MR) is 134 cm³/mol. The van der Waals surface area contributed by atoms with Crippen LogP contribution >= 0.6 is 22.9 Å². The first-order valence-corrected chi connectivity index (χ1v) is 12.5. The van der Waals surface area contributed by atoms with Gasteiger partial charge in [-0.05, 0) is 82.5 Å². The summed E-state index contributed by atoms with van der Waals surface area (Å²) >= 11 is 8.16. The largest absolute Gasteiger partial charge is 0.495 e. The highest BCUT2D eigenvalue weighted by atomic mass is 35.5. The lowest BCUT2D eigenvalue weighted by Gasteiger charge is -2.14. The summed E-state index contributed by atoms with van der Waals surface area (Å²) in [7, 11) is 5.83. The first-order chi connectivity index (χ1) is 15.5. The molecule has 32 heavy (non-hydrogen) atoms. The van der Waals surface area contributed by atoms with E-state index in [2.05, 4.69) is 29.6 Å². The minimum Gasteiger partial charge on any atom is -0.495 e. The first kappa shape index (κ1) is 23.2. The Bertz CT molecular complexity index is 1070. The maximum absolute atomic E-state index is 6.32. The van der Waals surface area contributed by atoms with Gasteiger partial charge in [-0.25, -0.2) is 9.97 Å². The molecule has 0 atom stereocenters. The van der Waals surface area contributed by atoms with Gasteiger partial charge in [0.2, 0.25) is 0 Å². The Kier molecular flexibility index (Phi) is 7.84. The van der Waals surface area contributed by atoms with Crippen LogP contribution in [0.2, 0.25) is 5.02 Å². The summed E-state index contributed by atoms with van der Waals surface area (Å²) in [5, 5.41) is 8.91. The van der Waals surface area contributed by atoms with Crippen LogP contribution in [-0.2, 0) is 25.9 Å². The number of thiophene rings is 1. The van der Waals surface area contributed by atoms with Gasteiger partial charge in [0.05, 0.1) is 24.1 Å². The second kappa shape index (κ2) is 10.8. The van der Waals surface area contributed by atoms with Crippen molar-refractivity contribution in [2.75, 3.05) is 39.6 Å². The van der Waals surface area contributed by atoms with Crippen LogP contribution in [-0.4, -0.2) is 49.2 Å². The number of hydrogen-bond donors (Lipinski definition) is 2. The number of anilines is 1. The van der Waals surface area contributed by atoms with E-state index in [0.717, 1.165) is 54.4 Å². The summed E-state index contributed by atoms with van der Waals surface area (Å²) in [6.07, 6.45) is 5.87. The fourth-order valence-electron chi connectivity index (χ4n) is 4.13. The molecule has 0 unspecified atom stereocenters. The number of nitrogens with zero attached hydrogens (tertiary/aromatic N) is 3. The van der Waals surface area contributed by atoms with Gasteiger partial charge < -0.3 is 20.3 Å². The van der Waals surface area contributed by atoms with Gasteiger partial charge >= 0.3 is 0 Å². The number of rotatable bonds is 10. The van der Waals surface area contributed by atoms with E-state index >= 15 is 0 Å². The van der Waals surface area contributed by atoms with Crippen LogP contribution in [0.3, 0.4) is 0 Å². The average molecular weight is 474 g/mol. The number of benzene rings is 1. The van der Waals surface area contributed by atoms with Gasteiger partial charge in [-0.3, -0.25) is 0 Å². The molecule has 0 fully saturated rings. The number of nitrogens with one attached hydrogen (secondary N) is 2. The Balaban J connectivity index is 1.55. The van der Waals surface area contributed by atoms with Gasteiger partial charge in [0, 0.05) is 11.4 Å². The van der Waals surface area contributed by atoms with E-state index in [9.17, 15) is 0 Å². The summed E-state index contributed by atoms with van der Waals surface area (Å²) in [6, 6.07) is 5.89. The molecular weight excluding hydrogens is 442 g/mol. The maximum atomic E-state index is 6.32. The second-order valence-electron chi connectivity index (χ2n) is 8.54. The van der Waals surface area contributed by atoms with Crippen LogP contribution in [0.1, 0.15) is 41.1 Å². The van der Waals surface area contributed by atoms with E-state index < -0.39 is 0 Å². The Hall–Kier alpha value is -1.93. The van der Waals surface area contributed by atoms with Crippen LogP contribution in [0.15, 0.2) is 18.2 Å². The summed E-state index contributed by atoms with van der Waals surface area (Å²) in [5.41, 5.74) is 2.53. The summed E-state index contributed by atoms with van der Waals surface area (Å²) in [4.78, 5) is 14.6. The molecule has 0 saturated heterocycles. The molecule has 3 aromatic rings. The van der Waals surface area contributed by atoms with Crippen molar-refractivity contribution in [3.63, 3.8) is 0 Å². The molecule has 1 aromatic carbocycles. The zero-order chi connectivity index (χ0) is 22.5. The fourth-order valence-corrected chi connectivity index (χ4v) is 5.70. The van der Waals surface area contributed by atoms with Crippen molar-refractivity contribution in [2.24, 2.45) is 0 Å². The minimum atomic E-state index is 0.621. The third-order valence-electron chi connectivity index (χ3n) is 5.78. The molecule has 8 heteroatoms. The number of fused-ring (bicyclic) bond motifs is 3. The van der Waals surface area contributed by atoms with Crippen molar-refractivity contribution in [3.05, 3.63) is 45.1 Å². The molecule has 2 N–H and O–H groups in total. The van der Waals surface area contributed by atoms with Crippen LogP contribution in [0, 0.1) is 0 Å². The molecule has 6 nitrogen and oxygen atoms in total. The van der Waals surface area contributed by atoms with Crippen LogP contribution in [0.5, 0.6) is 5.75 Å². The van der Waals surface area contributed by atoms with Crippen molar-refractivity contribution < 1.29 is 4.74 Å². The molecule has 0 aliphatic heterocycles. The number of halogens is 1. The standard InChI is InChI=1S/C24H32ClN5OS/c1-30(2)12-6-11-26-15-21-28-23(27-14-16-9-10-19(31-3)18(25)13-16)22-17-7-4-5-8-20(17)32-24(22)29-21/h9-10,13,26H,4-8,11-12,14-15H2,1-3H3,(H,27,28,29). The SMILES string of the molecule is COc1ccc(CNc2nc(CNCCCN(C)C)nc3sc4c(c23)CCCC4)cc1Cl. The van der Waals surface area contributed by atoms with E-state index in [1.54, 1.807) is 7.11 Å². The quantitative estimate of drug-likeness (QED) is 0.409. The number of aromatic nitrogens is 2. The fraction of sp³-hybridized carbons (Fsp3) is 0.500. The highest BCUT2D eigenvalue weighted by Gasteiger charge is 2.21. The third kappa shape index (κ3) is 5.52. The van der Waals surface area contributed by atoms with E-state index in [1.807, 2.05) is 29.5 Å². The zero-order valence-corrected chi connectivity index (χ0v) is 20.7. The number of ether oxygens (including phenoxy) is 1. The summed E-state index contributed by atoms with van der Waals surface area (Å²) < 4.78 is 5.27. The molecule has 0 spiro atoms. The Morgan fingerprint density at radius 3 is 2.78 bits per heavy atom. The molecular formula is C24H32ClN5OS. The Labute approximate surface area is 199 Å². The maximum Gasteiger partial charge on any atom is 0.146 e. The highest BCUT2D eigenvalue weighted by Crippen LogP contribution is 2.38. The van der Waals surface area contributed by atoms with Crippen molar-refractivity contribution in [2.45, 2.75) is 45.2 Å². The van der Waals surface area contributed by atoms with Gasteiger partial charge in [-0.15, -0.1) is 11.3 Å². The van der Waals surface area contributed by atoms with E-state index in [1.165, 1.54) is 28.7 Å². The minimum absolute atomic E-state index is 0.621. The highest BCUT2D eigenvalue weighted by molar-refractivity contribution is 7.19. The predicted octanol–water partition coefficient (Wildman–Crippen LogP) is 4.89. The van der Waals surface area contributed by atoms with Crippen LogP contribution in [0.4, 0.5) is 5.82 Å². The molecule has 1 aliphatic carbocycles. The molecule has 4 rings (SSSR count). The zero-order valence-electron chi connectivity index (χ0n) is 19.1. The van der Waals surface area contributed by atoms with E-state index in [0.29, 0.717) is 23.9 Å². The lowest BCUT2D eigenvalue weighted by Crippen LogP contribution is -2.22. The summed E-state index contributed by atoms with van der Waals surface area (Å²) in [6.45, 7) is 3.35. The Morgan fingerprint density at radius 1 is 1.16 bits per heavy atom. The van der Waals surface area contributed by atoms with Gasteiger partial charge in [-0.1, -0.05) is 17.7 Å². The molecule has 2 heterocycles. The molecule has 0 radical (unpaired) electrons. The lowest BCUT2D eigenvalue weighted by molar-refractivity contribution is 0.394. The normalized spacial score (nSPS) is 13.5. The van der Waals surface area contributed by atoms with Gasteiger partial charge in [0.25, 0.3) is 0 Å². The average Bonchev–Trinajstić information content (AvgIpc) is 3.15. The lowest BCUT2D eigenvalue weighted by atomic mass is 9.97. The van der Waals surface area contributed by atoms with E-state index in [4.69, 9.17) is 26.3 Å². The topological polar surface area (TPSA) is 62.3 Å². The van der Waals surface area contributed by atoms with E-state index in [-0.39, 0.29) is 0 Å². The van der Waals surface area contributed by atoms with Crippen LogP contribution in [0.25, 0.3) is 10.2 Å². The van der Waals surface area contributed by atoms with Crippen molar-refractivity contribution >= 4 is 39.0 Å². The number of hydrogen-bond acceptors (Lipinski definition) is 7. The molecule has 0 amide bonds. The molecule has 0 saturated carbocycles. The van der Waals surface area contributed by atoms with Crippen molar-refractivity contribution in [1.82, 2.24) is 20.2 Å². The summed E-state index contributed by atoms with van der Waals surface area (Å²) in [5.74, 6) is 2.47. The van der Waals surface area contributed by atoms with Crippen LogP contribution < -0.4 is 15.4 Å². The first-order valence-electron chi connectivity index (χ1n) is 11.3. The van der Waals surface area contributed by atoms with Crippen molar-refractivity contribution in [3.8, 4) is 5.75 Å². The molecule has 0 bridgehead atoms. The third-order valence-corrected chi connectivity index (χ3v) is 7.26. The van der Waals surface area contributed by atoms with Gasteiger partial charge in [0.1, 0.15) is 22.2 Å². The Morgan fingerprint density at radius 2 is 2.00 bits per heavy atom. The second-order valence-corrected chi connectivity index (χ2v) is 10.0. The van der Waals surface area contributed by atoms with Gasteiger partial charge in [-0.2, -0.15) is 0 Å². The van der Waals surface area contributed by atoms with Gasteiger partial charge in [0.15, 0.2) is 0 Å². The smallest absolute Gasteiger partial charge is 0.146 e. The molecule has 1 aliphatic rings. The van der Waals surface area contributed by atoms with Crippen molar-refractivity contribution in [1.29, 1.82) is 0 Å². The molecule has 172 valence electrons.